The number of benzene rings is 1. The molecular formula is C22H23N3O2Si. The average molecular weight is 390 g/mol. The second-order valence-corrected chi connectivity index (χ2v) is 12.5. The zero-order valence-corrected chi connectivity index (χ0v) is 17.8. The lowest BCUT2D eigenvalue weighted by Crippen LogP contribution is -2.16. The number of anilines is 1. The van der Waals surface area contributed by atoms with Gasteiger partial charge < -0.3 is 14.5 Å². The third-order valence-electron chi connectivity index (χ3n) is 4.40. The number of hydrogen-bond acceptors (Lipinski definition) is 4. The molecule has 6 heteroatoms. The first-order valence-electron chi connectivity index (χ1n) is 9.19. The zero-order chi connectivity index (χ0) is 19.9. The van der Waals surface area contributed by atoms with Crippen molar-refractivity contribution in [3.63, 3.8) is 0 Å². The van der Waals surface area contributed by atoms with Crippen LogP contribution in [0.3, 0.4) is 0 Å². The number of fused-ring (bicyclic) bond motifs is 2. The first kappa shape index (κ1) is 18.2. The van der Waals surface area contributed by atoms with Crippen molar-refractivity contribution >= 4 is 30.5 Å². The molecule has 0 unspecified atom stereocenters. The van der Waals surface area contributed by atoms with Crippen LogP contribution in [0, 0.1) is 11.5 Å². The molecule has 0 aliphatic heterocycles. The van der Waals surface area contributed by atoms with E-state index in [9.17, 15) is 0 Å². The second kappa shape index (κ2) is 6.77. The van der Waals surface area contributed by atoms with Gasteiger partial charge >= 0.3 is 0 Å². The number of furan rings is 1. The number of nitrogens with one attached hydrogen (secondary N) is 1. The van der Waals surface area contributed by atoms with Gasteiger partial charge in [-0.15, -0.1) is 5.54 Å². The predicted molar refractivity (Wildman–Crippen MR) is 117 cm³/mol. The minimum Gasteiger partial charge on any atom is -0.497 e. The van der Waals surface area contributed by atoms with Gasteiger partial charge in [0.05, 0.1) is 7.11 Å². The molecule has 4 aromatic rings. The Balaban J connectivity index is 1.83. The Hall–Kier alpha value is -3.17. The number of methoxy groups -OCH3 is 1. The summed E-state index contributed by atoms with van der Waals surface area (Å²) in [5.74, 6) is 5.69. The third kappa shape index (κ3) is 3.37. The molecule has 0 bridgehead atoms. The van der Waals surface area contributed by atoms with Crippen molar-refractivity contribution in [1.82, 2.24) is 9.38 Å². The highest BCUT2D eigenvalue weighted by atomic mass is 28.3. The van der Waals surface area contributed by atoms with Gasteiger partial charge in [-0.1, -0.05) is 25.6 Å². The van der Waals surface area contributed by atoms with Crippen molar-refractivity contribution in [2.24, 2.45) is 0 Å². The Bertz CT molecular complexity index is 1240. The molecule has 0 aliphatic carbocycles. The molecule has 1 N–H and O–H groups in total. The molecule has 28 heavy (non-hydrogen) atoms. The largest absolute Gasteiger partial charge is 0.497 e. The third-order valence-corrected chi connectivity index (χ3v) is 5.28. The summed E-state index contributed by atoms with van der Waals surface area (Å²) in [6, 6.07) is 11.8. The van der Waals surface area contributed by atoms with E-state index < -0.39 is 8.07 Å². The number of imidazole rings is 1. The highest BCUT2D eigenvalue weighted by molar-refractivity contribution is 6.83. The van der Waals surface area contributed by atoms with Gasteiger partial charge in [-0.3, -0.25) is 4.40 Å². The van der Waals surface area contributed by atoms with Crippen molar-refractivity contribution < 1.29 is 9.15 Å². The summed E-state index contributed by atoms with van der Waals surface area (Å²) in [7, 11) is 2.12. The summed E-state index contributed by atoms with van der Waals surface area (Å²) in [6.45, 7) is 6.71. The molecule has 0 atom stereocenters. The lowest BCUT2D eigenvalue weighted by atomic mass is 10.2. The minimum atomic E-state index is -1.43. The fourth-order valence-electron chi connectivity index (χ4n) is 3.06. The fraction of sp³-hybridized carbons (Fsp3) is 0.227. The van der Waals surface area contributed by atoms with Crippen molar-refractivity contribution in [2.75, 3.05) is 19.5 Å². The van der Waals surface area contributed by atoms with Gasteiger partial charge in [-0.05, 0) is 36.4 Å². The first-order chi connectivity index (χ1) is 13.4. The zero-order valence-electron chi connectivity index (χ0n) is 16.8. The van der Waals surface area contributed by atoms with Crippen molar-refractivity contribution in [2.45, 2.75) is 19.6 Å². The Morgan fingerprint density at radius 1 is 1.14 bits per heavy atom. The molecule has 0 radical (unpaired) electrons. The summed E-state index contributed by atoms with van der Waals surface area (Å²) in [5.41, 5.74) is 6.79. The van der Waals surface area contributed by atoms with Crippen LogP contribution in [0.4, 0.5) is 5.82 Å². The van der Waals surface area contributed by atoms with Crippen LogP contribution in [0.5, 0.6) is 5.75 Å². The summed E-state index contributed by atoms with van der Waals surface area (Å²) >= 11 is 0. The van der Waals surface area contributed by atoms with E-state index in [1.165, 1.54) is 0 Å². The molecule has 142 valence electrons. The number of aromatic nitrogens is 2. The number of pyridine rings is 1. The maximum absolute atomic E-state index is 6.05. The van der Waals surface area contributed by atoms with Crippen molar-refractivity contribution in [3.8, 4) is 28.7 Å². The molecule has 0 saturated heterocycles. The predicted octanol–water partition coefficient (Wildman–Crippen LogP) is 5.03. The highest BCUT2D eigenvalue weighted by Crippen LogP contribution is 2.34. The lowest BCUT2D eigenvalue weighted by molar-refractivity contribution is 0.415. The molecular weight excluding hydrogens is 366 g/mol. The maximum atomic E-state index is 6.05. The Kier molecular flexibility index (Phi) is 4.40. The van der Waals surface area contributed by atoms with Crippen LogP contribution in [0.2, 0.25) is 19.6 Å². The van der Waals surface area contributed by atoms with Gasteiger partial charge in [0.25, 0.3) is 0 Å². The Morgan fingerprint density at radius 3 is 2.68 bits per heavy atom. The molecule has 3 heterocycles. The molecule has 0 amide bonds. The Labute approximate surface area is 165 Å². The van der Waals surface area contributed by atoms with Crippen LogP contribution in [-0.2, 0) is 0 Å². The first-order valence-corrected chi connectivity index (χ1v) is 12.7. The van der Waals surface area contributed by atoms with E-state index >= 15 is 0 Å². The van der Waals surface area contributed by atoms with Crippen LogP contribution in [0.15, 0.2) is 47.0 Å². The molecule has 3 aromatic heterocycles. The molecule has 0 spiro atoms. The summed E-state index contributed by atoms with van der Waals surface area (Å²) in [6.07, 6.45) is 2.00. The topological polar surface area (TPSA) is 51.7 Å². The van der Waals surface area contributed by atoms with Crippen LogP contribution >= 0.6 is 0 Å². The van der Waals surface area contributed by atoms with Gasteiger partial charge in [-0.25, -0.2) is 4.98 Å². The van der Waals surface area contributed by atoms with Crippen LogP contribution < -0.4 is 10.1 Å². The van der Waals surface area contributed by atoms with E-state index in [-0.39, 0.29) is 0 Å². The average Bonchev–Trinajstić information content (AvgIpc) is 3.25. The molecule has 4 rings (SSSR count). The van der Waals surface area contributed by atoms with E-state index in [0.29, 0.717) is 5.76 Å². The van der Waals surface area contributed by atoms with Crippen LogP contribution in [-0.4, -0.2) is 31.6 Å². The number of rotatable bonds is 3. The maximum Gasteiger partial charge on any atom is 0.157 e. The van der Waals surface area contributed by atoms with Crippen molar-refractivity contribution in [1.29, 1.82) is 0 Å². The summed E-state index contributed by atoms with van der Waals surface area (Å²) in [5, 5.41) is 4.23. The van der Waals surface area contributed by atoms with Crippen LogP contribution in [0.1, 0.15) is 5.56 Å². The SMILES string of the molecule is CNc1c(-c2cc3cc(OC)ccc3o2)nc2cc(C#C[Si](C)(C)C)ccn12. The van der Waals surface area contributed by atoms with E-state index in [2.05, 4.69) is 36.4 Å². The monoisotopic (exact) mass is 389 g/mol. The van der Waals surface area contributed by atoms with E-state index in [1.807, 2.05) is 54.0 Å². The number of hydrogen-bond donors (Lipinski definition) is 1. The molecule has 0 aliphatic rings. The van der Waals surface area contributed by atoms with Crippen LogP contribution in [0.25, 0.3) is 28.1 Å². The second-order valence-electron chi connectivity index (χ2n) is 7.72. The van der Waals surface area contributed by atoms with Gasteiger partial charge in [-0.2, -0.15) is 0 Å². The van der Waals surface area contributed by atoms with Gasteiger partial charge in [0.1, 0.15) is 36.6 Å². The normalized spacial score (nSPS) is 11.5. The van der Waals surface area contributed by atoms with E-state index in [0.717, 1.165) is 39.4 Å². The molecule has 0 fully saturated rings. The van der Waals surface area contributed by atoms with Gasteiger partial charge in [0.15, 0.2) is 5.76 Å². The standard InChI is InChI=1S/C22H23N3O2Si/c1-23-22-21(19-14-16-13-17(26-2)6-7-18(16)27-19)24-20-12-15(8-10-25(20)22)9-11-28(3,4)5/h6-8,10,12-14,23H,1-5H3. The molecule has 5 nitrogen and oxygen atoms in total. The van der Waals surface area contributed by atoms with Crippen molar-refractivity contribution in [3.05, 3.63) is 48.2 Å². The number of nitrogens with zero attached hydrogens (tertiary/aromatic N) is 2. The lowest BCUT2D eigenvalue weighted by Gasteiger charge is -2.04. The minimum absolute atomic E-state index is 0.714. The van der Waals surface area contributed by atoms with E-state index in [4.69, 9.17) is 14.1 Å². The number of ether oxygens (including phenoxy) is 1. The summed E-state index contributed by atoms with van der Waals surface area (Å²) in [4.78, 5) is 4.82. The summed E-state index contributed by atoms with van der Waals surface area (Å²) < 4.78 is 13.4. The molecule has 0 saturated carbocycles. The molecule has 1 aromatic carbocycles. The fourth-order valence-corrected chi connectivity index (χ4v) is 3.58. The highest BCUT2D eigenvalue weighted by Gasteiger charge is 2.17. The van der Waals surface area contributed by atoms with Gasteiger partial charge in [0.2, 0.25) is 0 Å². The quantitative estimate of drug-likeness (QED) is 0.394. The smallest absolute Gasteiger partial charge is 0.157 e. The van der Waals surface area contributed by atoms with Gasteiger partial charge in [0, 0.05) is 24.2 Å². The Morgan fingerprint density at radius 2 is 1.96 bits per heavy atom. The van der Waals surface area contributed by atoms with E-state index in [1.54, 1.807) is 7.11 Å².